The van der Waals surface area contributed by atoms with Crippen LogP contribution in [0, 0.1) is 12.7 Å². The van der Waals surface area contributed by atoms with Crippen molar-refractivity contribution in [2.24, 2.45) is 4.99 Å². The third-order valence-electron chi connectivity index (χ3n) is 1.68. The van der Waals surface area contributed by atoms with Gasteiger partial charge in [-0.2, -0.15) is 0 Å². The first-order valence-corrected chi connectivity index (χ1v) is 4.43. The maximum absolute atomic E-state index is 13.1. The van der Waals surface area contributed by atoms with Crippen LogP contribution in [0.3, 0.4) is 0 Å². The molecular formula is C9H7BrFNO. The van der Waals surface area contributed by atoms with Crippen LogP contribution in [0.2, 0.25) is 0 Å². The Morgan fingerprint density at radius 3 is 2.92 bits per heavy atom. The first-order valence-electron chi connectivity index (χ1n) is 3.64. The van der Waals surface area contributed by atoms with Crippen molar-refractivity contribution in [3.8, 4) is 0 Å². The molecule has 1 aromatic rings. The Balaban J connectivity index is 3.16. The topological polar surface area (TPSA) is 29.4 Å². The van der Waals surface area contributed by atoms with Crippen molar-refractivity contribution in [2.45, 2.75) is 13.5 Å². The van der Waals surface area contributed by atoms with Crippen LogP contribution < -0.4 is 0 Å². The monoisotopic (exact) mass is 243 g/mol. The van der Waals surface area contributed by atoms with Crippen LogP contribution in [0.5, 0.6) is 0 Å². The molecule has 0 radical (unpaired) electrons. The molecule has 0 atom stereocenters. The summed E-state index contributed by atoms with van der Waals surface area (Å²) < 4.78 is 13.8. The Morgan fingerprint density at radius 2 is 2.31 bits per heavy atom. The van der Waals surface area contributed by atoms with E-state index in [-0.39, 0.29) is 12.4 Å². The molecule has 13 heavy (non-hydrogen) atoms. The number of halogens is 2. The van der Waals surface area contributed by atoms with Gasteiger partial charge in [0.15, 0.2) is 0 Å². The van der Waals surface area contributed by atoms with Gasteiger partial charge in [0.05, 0.1) is 6.54 Å². The molecule has 0 spiro atoms. The van der Waals surface area contributed by atoms with Gasteiger partial charge in [-0.25, -0.2) is 14.2 Å². The van der Waals surface area contributed by atoms with E-state index in [2.05, 4.69) is 20.9 Å². The molecule has 4 heteroatoms. The molecule has 0 bridgehead atoms. The van der Waals surface area contributed by atoms with Gasteiger partial charge in [0.2, 0.25) is 6.08 Å². The minimum atomic E-state index is -0.364. The lowest BCUT2D eigenvalue weighted by Crippen LogP contribution is -1.92. The average Bonchev–Trinajstić information content (AvgIpc) is 2.12. The van der Waals surface area contributed by atoms with Gasteiger partial charge < -0.3 is 0 Å². The normalized spacial score (nSPS) is 9.46. The van der Waals surface area contributed by atoms with Crippen LogP contribution in [0.25, 0.3) is 0 Å². The lowest BCUT2D eigenvalue weighted by Gasteiger charge is -2.04. The summed E-state index contributed by atoms with van der Waals surface area (Å²) in [7, 11) is 0. The molecule has 1 aromatic carbocycles. The maximum Gasteiger partial charge on any atom is 0.235 e. The van der Waals surface area contributed by atoms with E-state index in [9.17, 15) is 9.18 Å². The average molecular weight is 244 g/mol. The molecule has 68 valence electrons. The Hall–Kier alpha value is -0.990. The predicted octanol–water partition coefficient (Wildman–Crippen LogP) is 2.73. The number of hydrogen-bond acceptors (Lipinski definition) is 2. The minimum absolute atomic E-state index is 0.0254. The summed E-state index contributed by atoms with van der Waals surface area (Å²) in [5, 5.41) is 0. The van der Waals surface area contributed by atoms with Crippen LogP contribution in [0.1, 0.15) is 11.1 Å². The van der Waals surface area contributed by atoms with E-state index in [1.807, 2.05) is 6.92 Å². The van der Waals surface area contributed by atoms with Gasteiger partial charge in [-0.3, -0.25) is 0 Å². The van der Waals surface area contributed by atoms with Crippen molar-refractivity contribution in [2.75, 3.05) is 0 Å². The lowest BCUT2D eigenvalue weighted by molar-refractivity contribution is 0.561. The van der Waals surface area contributed by atoms with Crippen LogP contribution >= 0.6 is 15.9 Å². The van der Waals surface area contributed by atoms with Crippen molar-refractivity contribution in [3.05, 3.63) is 33.5 Å². The summed E-state index contributed by atoms with van der Waals surface area (Å²) in [6.45, 7) is 1.87. The van der Waals surface area contributed by atoms with Crippen LogP contribution in [-0.4, -0.2) is 6.08 Å². The molecule has 0 unspecified atom stereocenters. The van der Waals surface area contributed by atoms with Gasteiger partial charge in [-0.15, -0.1) is 0 Å². The van der Waals surface area contributed by atoms with E-state index >= 15 is 0 Å². The standard InChI is InChI=1S/C9H7BrFNO/c1-6-2-3-8(11)7(9(6)10)4-12-5-13/h2-3H,4H2,1H3. The van der Waals surface area contributed by atoms with Gasteiger partial charge in [0.1, 0.15) is 5.82 Å². The van der Waals surface area contributed by atoms with Crippen LogP contribution in [0.4, 0.5) is 4.39 Å². The van der Waals surface area contributed by atoms with Gasteiger partial charge in [0, 0.05) is 10.0 Å². The van der Waals surface area contributed by atoms with Gasteiger partial charge in [-0.1, -0.05) is 22.0 Å². The van der Waals surface area contributed by atoms with Crippen molar-refractivity contribution >= 4 is 22.0 Å². The Labute approximate surface area is 83.6 Å². The molecule has 0 amide bonds. The Kier molecular flexibility index (Phi) is 3.34. The molecule has 0 aliphatic heterocycles. The van der Waals surface area contributed by atoms with E-state index in [1.54, 1.807) is 6.07 Å². The Bertz CT molecular complexity index is 372. The highest BCUT2D eigenvalue weighted by atomic mass is 79.9. The molecular weight excluding hydrogens is 237 g/mol. The van der Waals surface area contributed by atoms with E-state index in [1.165, 1.54) is 12.1 Å². The number of hydrogen-bond donors (Lipinski definition) is 0. The predicted molar refractivity (Wildman–Crippen MR) is 50.7 cm³/mol. The number of benzene rings is 1. The number of isocyanates is 1. The van der Waals surface area contributed by atoms with Crippen molar-refractivity contribution in [1.29, 1.82) is 0 Å². The van der Waals surface area contributed by atoms with E-state index in [0.717, 1.165) is 5.56 Å². The highest BCUT2D eigenvalue weighted by molar-refractivity contribution is 9.10. The number of carbonyl (C=O) groups excluding carboxylic acids is 1. The molecule has 0 N–H and O–H groups in total. The van der Waals surface area contributed by atoms with E-state index in [4.69, 9.17) is 0 Å². The summed E-state index contributed by atoms with van der Waals surface area (Å²) in [5.41, 5.74) is 1.31. The number of aryl methyl sites for hydroxylation is 1. The first-order chi connectivity index (χ1) is 6.16. The highest BCUT2D eigenvalue weighted by Gasteiger charge is 2.07. The van der Waals surface area contributed by atoms with Crippen molar-refractivity contribution in [1.82, 2.24) is 0 Å². The van der Waals surface area contributed by atoms with E-state index in [0.29, 0.717) is 10.0 Å². The SMILES string of the molecule is Cc1ccc(F)c(CN=C=O)c1Br. The lowest BCUT2D eigenvalue weighted by atomic mass is 10.1. The number of nitrogens with zero attached hydrogens (tertiary/aromatic N) is 1. The molecule has 2 nitrogen and oxygen atoms in total. The zero-order valence-corrected chi connectivity index (χ0v) is 8.56. The zero-order chi connectivity index (χ0) is 9.84. The molecule has 0 aliphatic carbocycles. The summed E-state index contributed by atoms with van der Waals surface area (Å²) in [6.07, 6.45) is 1.38. The smallest absolute Gasteiger partial charge is 0.211 e. The largest absolute Gasteiger partial charge is 0.235 e. The third-order valence-corrected chi connectivity index (χ3v) is 2.78. The Morgan fingerprint density at radius 1 is 1.62 bits per heavy atom. The molecule has 0 saturated heterocycles. The second-order valence-electron chi connectivity index (χ2n) is 2.56. The molecule has 0 aromatic heterocycles. The summed E-state index contributed by atoms with van der Waals surface area (Å²) >= 11 is 3.23. The quantitative estimate of drug-likeness (QED) is 0.581. The minimum Gasteiger partial charge on any atom is -0.211 e. The first kappa shape index (κ1) is 10.1. The summed E-state index contributed by atoms with van der Waals surface area (Å²) in [6, 6.07) is 3.02. The third kappa shape index (κ3) is 2.23. The fourth-order valence-electron chi connectivity index (χ4n) is 0.971. The summed E-state index contributed by atoms with van der Waals surface area (Å²) in [5.74, 6) is -0.364. The molecule has 1 rings (SSSR count). The highest BCUT2D eigenvalue weighted by Crippen LogP contribution is 2.24. The van der Waals surface area contributed by atoms with Crippen LogP contribution in [-0.2, 0) is 11.3 Å². The molecule has 0 fully saturated rings. The fourth-order valence-corrected chi connectivity index (χ4v) is 1.42. The molecule has 0 aliphatic rings. The van der Waals surface area contributed by atoms with Crippen molar-refractivity contribution < 1.29 is 9.18 Å². The van der Waals surface area contributed by atoms with Gasteiger partial charge in [0.25, 0.3) is 0 Å². The fraction of sp³-hybridized carbons (Fsp3) is 0.222. The van der Waals surface area contributed by atoms with Crippen LogP contribution in [0.15, 0.2) is 21.6 Å². The number of aliphatic imine (C=N–C) groups is 1. The van der Waals surface area contributed by atoms with Gasteiger partial charge in [-0.05, 0) is 18.6 Å². The second kappa shape index (κ2) is 4.30. The maximum atomic E-state index is 13.1. The number of rotatable bonds is 2. The summed E-state index contributed by atoms with van der Waals surface area (Å²) in [4.78, 5) is 13.2. The molecule has 0 saturated carbocycles. The zero-order valence-electron chi connectivity index (χ0n) is 6.97. The molecule has 0 heterocycles. The van der Waals surface area contributed by atoms with Gasteiger partial charge >= 0.3 is 0 Å². The van der Waals surface area contributed by atoms with E-state index < -0.39 is 0 Å². The second-order valence-corrected chi connectivity index (χ2v) is 3.36. The van der Waals surface area contributed by atoms with Crippen molar-refractivity contribution in [3.63, 3.8) is 0 Å².